The van der Waals surface area contributed by atoms with Crippen LogP contribution in [0.3, 0.4) is 0 Å². The molecule has 2 aromatic rings. The van der Waals surface area contributed by atoms with Gasteiger partial charge in [-0.05, 0) is 121 Å². The number of benzene rings is 1. The molecule has 3 N–H and O–H groups in total. The molecule has 12 atom stereocenters. The topological polar surface area (TPSA) is 115 Å². The number of esters is 1. The molecule has 1 aromatic heterocycles. The van der Waals surface area contributed by atoms with Gasteiger partial charge in [0.2, 0.25) is 5.91 Å². The Morgan fingerprint density at radius 3 is 2.43 bits per heavy atom. The Bertz CT molecular complexity index is 1710. The fourth-order valence-corrected chi connectivity index (χ4v) is 13.5. The number of amides is 1. The Hall–Kier alpha value is -2.95. The second-order valence-electron chi connectivity index (χ2n) is 18.1. The quantitative estimate of drug-likeness (QED) is 0.333. The van der Waals surface area contributed by atoms with Crippen molar-refractivity contribution in [2.75, 3.05) is 6.54 Å². The molecule has 6 fully saturated rings. The van der Waals surface area contributed by atoms with Crippen LogP contribution in [0, 0.1) is 57.0 Å². The van der Waals surface area contributed by atoms with Crippen molar-refractivity contribution in [3.8, 4) is 0 Å². The van der Waals surface area contributed by atoms with Gasteiger partial charge in [0.15, 0.2) is 0 Å². The molecule has 1 aliphatic heterocycles. The van der Waals surface area contributed by atoms with E-state index >= 15 is 0 Å². The molecule has 2 heterocycles. The normalized spacial score (nSPS) is 43.1. The van der Waals surface area contributed by atoms with E-state index in [4.69, 9.17) is 15.2 Å². The highest BCUT2D eigenvalue weighted by molar-refractivity contribution is 5.87. The van der Waals surface area contributed by atoms with Crippen LogP contribution in [-0.2, 0) is 20.8 Å². The maximum atomic E-state index is 14.0. The van der Waals surface area contributed by atoms with Gasteiger partial charge >= 0.3 is 5.97 Å². The first kappa shape index (κ1) is 35.1. The fraction of sp³-hybridized carbons (Fsp3) is 0.683. The van der Waals surface area contributed by atoms with Crippen LogP contribution in [0.5, 0.6) is 0 Å². The molecule has 5 saturated carbocycles. The third-order valence-electron chi connectivity index (χ3n) is 15.6. The Morgan fingerprint density at radius 2 is 1.75 bits per heavy atom. The highest BCUT2D eigenvalue weighted by atomic mass is 19.1. The van der Waals surface area contributed by atoms with Crippen LogP contribution in [0.1, 0.15) is 102 Å². The molecular weight excluding hydrogens is 652 g/mol. The van der Waals surface area contributed by atoms with Crippen molar-refractivity contribution in [3.05, 3.63) is 65.5 Å². The lowest BCUT2D eigenvalue weighted by Gasteiger charge is -2.63. The minimum atomic E-state index is -0.860. The van der Waals surface area contributed by atoms with Gasteiger partial charge in [-0.3, -0.25) is 4.79 Å². The molecule has 1 amide bonds. The van der Waals surface area contributed by atoms with Gasteiger partial charge in [-0.25, -0.2) is 18.6 Å². The summed E-state index contributed by atoms with van der Waals surface area (Å²) in [5.74, 6) is -1.13. The van der Waals surface area contributed by atoms with Crippen molar-refractivity contribution < 1.29 is 33.0 Å². The summed E-state index contributed by atoms with van der Waals surface area (Å²) < 4.78 is 40.9. The van der Waals surface area contributed by atoms with Gasteiger partial charge in [0, 0.05) is 37.7 Å². The first-order valence-corrected chi connectivity index (χ1v) is 19.0. The molecule has 12 unspecified atom stereocenters. The number of pyridine rings is 1. The number of carbonyl (C=O) groups is 2. The molecular formula is C41H53F2N3O5. The molecule has 8 rings (SSSR count). The Kier molecular flexibility index (Phi) is 8.10. The van der Waals surface area contributed by atoms with Crippen molar-refractivity contribution in [1.82, 2.24) is 9.88 Å². The number of hydrogen-bond acceptors (Lipinski definition) is 7. The number of hydrogen-bond donors (Lipinski definition) is 2. The van der Waals surface area contributed by atoms with Crippen LogP contribution in [0.25, 0.3) is 0 Å². The Morgan fingerprint density at radius 1 is 1.04 bits per heavy atom. The lowest BCUT2D eigenvalue weighted by atomic mass is 9.43. The number of rotatable bonds is 6. The second kappa shape index (κ2) is 11.8. The van der Waals surface area contributed by atoms with Crippen molar-refractivity contribution in [2.24, 2.45) is 51.1 Å². The standard InChI is InChI=1S/C41H53F2N3O5/c1-23-16-28(21-46(24(2)47)20-25-17-26(42)19-27(43)18-25)50-34-33(23)38(5)13-14-40-22-39(40)12-11-32(51-36(49)29-8-6-7-15-45-29)37(3,4)30(39)9-10-31(40)41(38,44)35(34)48/h6-8,15,17-19,23,28,30-35,48H,9-14,16,20-22,44H2,1-5H3. The maximum Gasteiger partial charge on any atom is 0.357 e. The highest BCUT2D eigenvalue weighted by Gasteiger charge is 2.85. The number of aliphatic hydroxyl groups is 1. The number of aliphatic hydroxyl groups excluding tert-OH is 1. The average molecular weight is 706 g/mol. The van der Waals surface area contributed by atoms with E-state index in [-0.39, 0.29) is 76.6 Å². The lowest BCUT2D eigenvalue weighted by molar-refractivity contribution is -0.154. The number of fused-ring (bicyclic) bond motifs is 4. The third-order valence-corrected chi connectivity index (χ3v) is 15.6. The predicted molar refractivity (Wildman–Crippen MR) is 186 cm³/mol. The molecule has 1 aromatic carbocycles. The van der Waals surface area contributed by atoms with Gasteiger partial charge in [-0.15, -0.1) is 0 Å². The van der Waals surface area contributed by atoms with Crippen molar-refractivity contribution >= 4 is 11.9 Å². The zero-order valence-electron chi connectivity index (χ0n) is 30.5. The van der Waals surface area contributed by atoms with E-state index in [2.05, 4.69) is 32.7 Å². The van der Waals surface area contributed by atoms with Gasteiger partial charge in [-0.1, -0.05) is 33.8 Å². The van der Waals surface area contributed by atoms with Crippen LogP contribution in [0.4, 0.5) is 8.78 Å². The van der Waals surface area contributed by atoms with Crippen LogP contribution in [0.15, 0.2) is 42.6 Å². The summed E-state index contributed by atoms with van der Waals surface area (Å²) in [5.41, 5.74) is 7.26. The summed E-state index contributed by atoms with van der Waals surface area (Å²) in [4.78, 5) is 31.7. The first-order valence-electron chi connectivity index (χ1n) is 19.0. The Balaban J connectivity index is 1.02. The third kappa shape index (κ3) is 4.94. The number of nitrogens with zero attached hydrogens (tertiary/aromatic N) is 2. The zero-order valence-corrected chi connectivity index (χ0v) is 30.5. The molecule has 276 valence electrons. The van der Waals surface area contributed by atoms with Gasteiger partial charge in [0.05, 0.1) is 23.9 Å². The minimum Gasteiger partial charge on any atom is -0.457 e. The highest BCUT2D eigenvalue weighted by Crippen LogP contribution is 2.87. The van der Waals surface area contributed by atoms with Crippen LogP contribution < -0.4 is 5.73 Å². The van der Waals surface area contributed by atoms with Gasteiger partial charge in [0.25, 0.3) is 0 Å². The molecule has 5 aliphatic carbocycles. The molecule has 10 heteroatoms. The summed E-state index contributed by atoms with van der Waals surface area (Å²) in [6, 6.07) is 8.62. The first-order chi connectivity index (χ1) is 24.1. The predicted octanol–water partition coefficient (Wildman–Crippen LogP) is 6.44. The van der Waals surface area contributed by atoms with E-state index in [1.165, 1.54) is 19.1 Å². The summed E-state index contributed by atoms with van der Waals surface area (Å²) in [7, 11) is 0. The molecule has 0 bridgehead atoms. The van der Waals surface area contributed by atoms with Gasteiger partial charge in [0.1, 0.15) is 23.4 Å². The minimum absolute atomic E-state index is 0.0419. The van der Waals surface area contributed by atoms with E-state index < -0.39 is 29.4 Å². The molecule has 51 heavy (non-hydrogen) atoms. The summed E-state index contributed by atoms with van der Waals surface area (Å²) >= 11 is 0. The van der Waals surface area contributed by atoms with Crippen molar-refractivity contribution in [1.29, 1.82) is 0 Å². The second-order valence-corrected chi connectivity index (χ2v) is 18.1. The van der Waals surface area contributed by atoms with E-state index in [1.54, 1.807) is 29.3 Å². The van der Waals surface area contributed by atoms with E-state index in [0.29, 0.717) is 23.6 Å². The van der Waals surface area contributed by atoms with E-state index in [9.17, 15) is 23.5 Å². The van der Waals surface area contributed by atoms with Crippen LogP contribution >= 0.6 is 0 Å². The van der Waals surface area contributed by atoms with Gasteiger partial charge < -0.3 is 25.2 Å². The molecule has 6 aliphatic rings. The van der Waals surface area contributed by atoms with Crippen LogP contribution in [-0.4, -0.2) is 63.4 Å². The number of aromatic nitrogens is 1. The monoisotopic (exact) mass is 705 g/mol. The largest absolute Gasteiger partial charge is 0.457 e. The van der Waals surface area contributed by atoms with Crippen LogP contribution in [0.2, 0.25) is 0 Å². The average Bonchev–Trinajstić information content (AvgIpc) is 3.70. The van der Waals surface area contributed by atoms with Gasteiger partial charge in [-0.2, -0.15) is 0 Å². The SMILES string of the molecule is CC(=O)N(Cc1cc(F)cc(F)c1)CC1CC(C)C2C(O1)C(O)C1(N)C3CCC4C(C)(C)C(OC(=O)c5ccccn5)CCC45CC35CCC21C. The molecule has 2 spiro atoms. The molecule has 0 radical (unpaired) electrons. The molecule has 1 saturated heterocycles. The Labute approximate surface area is 299 Å². The zero-order chi connectivity index (χ0) is 36.3. The summed E-state index contributed by atoms with van der Waals surface area (Å²) in [5, 5.41) is 12.5. The number of halogens is 2. The van der Waals surface area contributed by atoms with Crippen molar-refractivity contribution in [3.63, 3.8) is 0 Å². The smallest absolute Gasteiger partial charge is 0.357 e. The lowest BCUT2D eigenvalue weighted by Crippen LogP contribution is -2.70. The van der Waals surface area contributed by atoms with Crippen molar-refractivity contribution in [2.45, 2.75) is 122 Å². The molecule has 8 nitrogen and oxygen atoms in total. The maximum absolute atomic E-state index is 14.0. The summed E-state index contributed by atoms with van der Waals surface area (Å²) in [6.45, 7) is 10.9. The number of ether oxygens (including phenoxy) is 2. The summed E-state index contributed by atoms with van der Waals surface area (Å²) in [6.07, 6.45) is 7.24. The van der Waals surface area contributed by atoms with E-state index in [1.807, 2.05) is 0 Å². The number of carbonyl (C=O) groups excluding carboxylic acids is 2. The van der Waals surface area contributed by atoms with E-state index in [0.717, 1.165) is 51.0 Å². The number of nitrogens with two attached hydrogens (primary N) is 1. The fourth-order valence-electron chi connectivity index (χ4n) is 13.5.